The van der Waals surface area contributed by atoms with Crippen molar-refractivity contribution in [3.63, 3.8) is 0 Å². The molecule has 2 aliphatic rings. The van der Waals surface area contributed by atoms with Crippen LogP contribution in [0.15, 0.2) is 36.4 Å². The highest BCUT2D eigenvalue weighted by molar-refractivity contribution is 7.25. The molecule has 0 spiro atoms. The first-order valence-electron chi connectivity index (χ1n) is 12.3. The van der Waals surface area contributed by atoms with E-state index in [1.54, 1.807) is 0 Å². The van der Waals surface area contributed by atoms with Crippen molar-refractivity contribution < 1.29 is 50.3 Å². The number of hydrogen-bond acceptors (Lipinski definition) is 11. The molecule has 11 heteroatoms. The van der Waals surface area contributed by atoms with Gasteiger partial charge in [0.05, 0.1) is 13.2 Å². The zero-order valence-corrected chi connectivity index (χ0v) is 21.3. The predicted molar refractivity (Wildman–Crippen MR) is 141 cm³/mol. The molecule has 2 aromatic carbocycles. The lowest BCUT2D eigenvalue weighted by Gasteiger charge is -2.37. The zero-order valence-electron chi connectivity index (χ0n) is 20.5. The normalized spacial score (nSPS) is 34.8. The molecule has 8 N–H and O–H groups in total. The summed E-state index contributed by atoms with van der Waals surface area (Å²) < 4.78 is 12.8. The second kappa shape index (κ2) is 11.5. The first-order chi connectivity index (χ1) is 18.7. The second-order valence-electron chi connectivity index (χ2n) is 9.56. The smallest absolute Gasteiger partial charge is 0.147 e. The van der Waals surface area contributed by atoms with Gasteiger partial charge in [-0.1, -0.05) is 35.8 Å². The SMILES string of the molecule is OC[C@H]1O[C@H](C#Cc2ccc3c(c2)sc2cc(C#C[C@H]4O[C@H](CO)[C@@H](O)[C@H](O)[C@@H]4O)ccc23)[C@@H](O)[C@@H](O)[C@@H]1O. The molecule has 2 saturated heterocycles. The summed E-state index contributed by atoms with van der Waals surface area (Å²) in [6.07, 6.45) is -12.9. The van der Waals surface area contributed by atoms with Crippen LogP contribution in [0.5, 0.6) is 0 Å². The van der Waals surface area contributed by atoms with Gasteiger partial charge in [-0.3, -0.25) is 0 Å². The molecule has 0 saturated carbocycles. The third-order valence-corrected chi connectivity index (χ3v) is 8.09. The van der Waals surface area contributed by atoms with Crippen molar-refractivity contribution in [1.82, 2.24) is 0 Å². The lowest BCUT2D eigenvalue weighted by Crippen LogP contribution is -2.58. The molecule has 2 fully saturated rings. The zero-order chi connectivity index (χ0) is 27.8. The van der Waals surface area contributed by atoms with E-state index in [0.29, 0.717) is 11.1 Å². The van der Waals surface area contributed by atoms with Gasteiger partial charge in [-0.15, -0.1) is 11.3 Å². The van der Waals surface area contributed by atoms with Gasteiger partial charge in [0.15, 0.2) is 0 Å². The van der Waals surface area contributed by atoms with E-state index in [1.165, 1.54) is 11.3 Å². The number of aliphatic hydroxyl groups is 8. The molecule has 0 radical (unpaired) electrons. The van der Waals surface area contributed by atoms with Gasteiger partial charge in [-0.2, -0.15) is 0 Å². The van der Waals surface area contributed by atoms with Gasteiger partial charge in [-0.25, -0.2) is 0 Å². The van der Waals surface area contributed by atoms with E-state index in [2.05, 4.69) is 23.7 Å². The average molecular weight is 557 g/mol. The van der Waals surface area contributed by atoms with E-state index >= 15 is 0 Å². The Morgan fingerprint density at radius 3 is 1.38 bits per heavy atom. The van der Waals surface area contributed by atoms with Gasteiger partial charge < -0.3 is 50.3 Å². The Bertz CT molecular complexity index is 1350. The summed E-state index contributed by atoms with van der Waals surface area (Å²) in [5, 5.41) is 80.9. The molecule has 10 atom stereocenters. The highest BCUT2D eigenvalue weighted by atomic mass is 32.1. The molecule has 0 unspecified atom stereocenters. The largest absolute Gasteiger partial charge is 0.394 e. The second-order valence-corrected chi connectivity index (χ2v) is 10.6. The van der Waals surface area contributed by atoms with Crippen LogP contribution in [-0.2, 0) is 9.47 Å². The van der Waals surface area contributed by atoms with E-state index < -0.39 is 74.3 Å². The van der Waals surface area contributed by atoms with Crippen LogP contribution in [0.2, 0.25) is 0 Å². The third kappa shape index (κ3) is 5.41. The first-order valence-corrected chi connectivity index (χ1v) is 13.1. The summed E-state index contributed by atoms with van der Waals surface area (Å²) in [5.74, 6) is 11.4. The van der Waals surface area contributed by atoms with Crippen molar-refractivity contribution in [2.45, 2.75) is 61.0 Å². The molecule has 1 aromatic heterocycles. The molecule has 0 aliphatic carbocycles. The molecule has 0 bridgehead atoms. The number of rotatable bonds is 2. The molecule has 10 nitrogen and oxygen atoms in total. The number of benzene rings is 2. The summed E-state index contributed by atoms with van der Waals surface area (Å²) in [6.45, 7) is -1.04. The van der Waals surface area contributed by atoms with E-state index in [-0.39, 0.29) is 0 Å². The van der Waals surface area contributed by atoms with E-state index in [1.807, 2.05) is 36.4 Å². The van der Waals surface area contributed by atoms with Crippen molar-refractivity contribution >= 4 is 31.5 Å². The number of fused-ring (bicyclic) bond motifs is 3. The molecule has 2 aliphatic heterocycles. The Balaban J connectivity index is 1.37. The van der Waals surface area contributed by atoms with Gasteiger partial charge in [0, 0.05) is 31.3 Å². The minimum absolute atomic E-state index is 0.522. The van der Waals surface area contributed by atoms with E-state index in [9.17, 15) is 40.9 Å². The fourth-order valence-electron chi connectivity index (χ4n) is 4.68. The lowest BCUT2D eigenvalue weighted by atomic mass is 9.95. The summed E-state index contributed by atoms with van der Waals surface area (Å²) in [7, 11) is 0. The third-order valence-electron chi connectivity index (χ3n) is 6.98. The maximum Gasteiger partial charge on any atom is 0.147 e. The van der Waals surface area contributed by atoms with Gasteiger partial charge >= 0.3 is 0 Å². The van der Waals surface area contributed by atoms with Crippen LogP contribution in [0.4, 0.5) is 0 Å². The fourth-order valence-corrected chi connectivity index (χ4v) is 5.87. The van der Waals surface area contributed by atoms with Gasteiger partial charge in [0.25, 0.3) is 0 Å². The van der Waals surface area contributed by atoms with Gasteiger partial charge in [0.2, 0.25) is 0 Å². The number of thiophene rings is 1. The average Bonchev–Trinajstić information content (AvgIpc) is 3.31. The van der Waals surface area contributed by atoms with E-state index in [4.69, 9.17) is 9.47 Å². The lowest BCUT2D eigenvalue weighted by molar-refractivity contribution is -0.214. The Kier molecular flexibility index (Phi) is 8.21. The predicted octanol–water partition coefficient (Wildman–Crippen LogP) is -1.56. The number of hydrogen-bond donors (Lipinski definition) is 8. The van der Waals surface area contributed by atoms with Crippen molar-refractivity contribution in [2.75, 3.05) is 13.2 Å². The number of ether oxygens (including phenoxy) is 2. The van der Waals surface area contributed by atoms with Crippen molar-refractivity contribution in [3.8, 4) is 23.7 Å². The summed E-state index contributed by atoms with van der Waals surface area (Å²) in [5.41, 5.74) is 1.29. The number of aliphatic hydroxyl groups excluding tert-OH is 8. The highest BCUT2D eigenvalue weighted by Gasteiger charge is 2.43. The Hall–Kier alpha value is -2.62. The Morgan fingerprint density at radius 1 is 0.590 bits per heavy atom. The monoisotopic (exact) mass is 556 g/mol. The molecule has 0 amide bonds. The van der Waals surface area contributed by atoms with Crippen molar-refractivity contribution in [2.24, 2.45) is 0 Å². The van der Waals surface area contributed by atoms with Crippen LogP contribution >= 0.6 is 11.3 Å². The fraction of sp³-hybridized carbons (Fsp3) is 0.429. The van der Waals surface area contributed by atoms with Crippen LogP contribution in [0.25, 0.3) is 20.2 Å². The van der Waals surface area contributed by atoms with Crippen LogP contribution in [0, 0.1) is 23.7 Å². The highest BCUT2D eigenvalue weighted by Crippen LogP contribution is 2.35. The summed E-state index contributed by atoms with van der Waals surface area (Å²) in [4.78, 5) is 0. The van der Waals surface area contributed by atoms with Crippen LogP contribution in [0.1, 0.15) is 11.1 Å². The molecule has 5 rings (SSSR count). The standard InChI is InChI=1S/C28H28O10S/c29-11-19-25(33)27(35)23(31)17(37-19)7-3-13-1-5-15-16-6-2-14(10-22(16)39-21(15)9-13)4-8-18-24(32)28(36)26(34)20(12-30)38-18/h1-2,5-6,9-10,17-20,23-36H,11-12H2/t17-,18-,19-,20-,23-,24-,25-,26-,27-,28-/m1/s1. The van der Waals surface area contributed by atoms with Crippen LogP contribution in [-0.4, -0.2) is 115 Å². The van der Waals surface area contributed by atoms with Crippen LogP contribution in [0.3, 0.4) is 0 Å². The first kappa shape index (κ1) is 27.9. The molecule has 39 heavy (non-hydrogen) atoms. The molecule has 3 aromatic rings. The van der Waals surface area contributed by atoms with Crippen LogP contribution < -0.4 is 0 Å². The molecular formula is C28H28O10S. The van der Waals surface area contributed by atoms with Crippen molar-refractivity contribution in [3.05, 3.63) is 47.5 Å². The van der Waals surface area contributed by atoms with Crippen molar-refractivity contribution in [1.29, 1.82) is 0 Å². The summed E-state index contributed by atoms with van der Waals surface area (Å²) in [6, 6.07) is 11.2. The maximum atomic E-state index is 10.2. The maximum absolute atomic E-state index is 10.2. The van der Waals surface area contributed by atoms with Gasteiger partial charge in [0.1, 0.15) is 61.0 Å². The Morgan fingerprint density at radius 2 is 1.00 bits per heavy atom. The minimum atomic E-state index is -1.49. The Labute approximate surface area is 227 Å². The molecule has 206 valence electrons. The minimum Gasteiger partial charge on any atom is -0.394 e. The topological polar surface area (TPSA) is 180 Å². The summed E-state index contributed by atoms with van der Waals surface area (Å²) >= 11 is 1.51. The van der Waals surface area contributed by atoms with E-state index in [0.717, 1.165) is 20.2 Å². The molecular weight excluding hydrogens is 528 g/mol. The quantitative estimate of drug-likeness (QED) is 0.172. The van der Waals surface area contributed by atoms with Gasteiger partial charge in [-0.05, 0) is 24.3 Å². The molecule has 3 heterocycles.